The summed E-state index contributed by atoms with van der Waals surface area (Å²) in [6, 6.07) is 10.3. The minimum Gasteiger partial charge on any atom is -0.353 e. The van der Waals surface area contributed by atoms with Gasteiger partial charge in [-0.3, -0.25) is 9.59 Å². The largest absolute Gasteiger partial charge is 0.353 e. The lowest BCUT2D eigenvalue weighted by Gasteiger charge is -2.26. The topological polar surface area (TPSA) is 88.3 Å². The van der Waals surface area contributed by atoms with Crippen molar-refractivity contribution in [2.45, 2.75) is 64.3 Å². The second-order valence-electron chi connectivity index (χ2n) is 9.42. The van der Waals surface area contributed by atoms with E-state index < -0.39 is 0 Å². The Morgan fingerprint density at radius 2 is 2.06 bits per heavy atom. The number of fused-ring (bicyclic) bond motifs is 1. The van der Waals surface area contributed by atoms with Gasteiger partial charge in [-0.1, -0.05) is 49.3 Å². The van der Waals surface area contributed by atoms with E-state index in [0.717, 1.165) is 25.7 Å². The van der Waals surface area contributed by atoms with E-state index in [9.17, 15) is 9.59 Å². The molecule has 1 aliphatic heterocycles. The summed E-state index contributed by atoms with van der Waals surface area (Å²) in [6.45, 7) is 6.93. The second kappa shape index (κ2) is 8.81. The van der Waals surface area contributed by atoms with Gasteiger partial charge in [0.1, 0.15) is 0 Å². The molecule has 7 nitrogen and oxygen atoms in total. The van der Waals surface area contributed by atoms with Crippen molar-refractivity contribution in [2.75, 3.05) is 13.1 Å². The predicted molar refractivity (Wildman–Crippen MR) is 116 cm³/mol. The Balaban J connectivity index is 1.39. The van der Waals surface area contributed by atoms with Crippen LogP contribution in [0.2, 0.25) is 0 Å². The smallest absolute Gasteiger partial charge is 0.235 e. The first-order valence-electron chi connectivity index (χ1n) is 11.3. The van der Waals surface area contributed by atoms with Crippen molar-refractivity contribution in [3.05, 3.63) is 47.6 Å². The van der Waals surface area contributed by atoms with E-state index in [4.69, 9.17) is 4.52 Å². The van der Waals surface area contributed by atoms with Crippen LogP contribution in [-0.2, 0) is 21.4 Å². The fourth-order valence-corrected chi connectivity index (χ4v) is 5.24. The van der Waals surface area contributed by atoms with Crippen molar-refractivity contribution in [1.82, 2.24) is 20.4 Å². The van der Waals surface area contributed by atoms with E-state index >= 15 is 0 Å². The molecule has 1 aliphatic carbocycles. The van der Waals surface area contributed by atoms with Gasteiger partial charge >= 0.3 is 0 Å². The molecule has 166 valence electrons. The Bertz CT molecular complexity index is 926. The maximum Gasteiger partial charge on any atom is 0.235 e. The van der Waals surface area contributed by atoms with Crippen molar-refractivity contribution in [3.8, 4) is 0 Å². The molecule has 3 atom stereocenters. The van der Waals surface area contributed by atoms with Crippen LogP contribution < -0.4 is 5.32 Å². The Hall–Kier alpha value is -2.70. The summed E-state index contributed by atoms with van der Waals surface area (Å²) in [5, 5.41) is 7.23. The highest BCUT2D eigenvalue weighted by molar-refractivity contribution is 5.79. The maximum absolute atomic E-state index is 12.6. The lowest BCUT2D eigenvalue weighted by Crippen LogP contribution is -2.40. The number of nitrogens with zero attached hydrogens (tertiary/aromatic N) is 3. The predicted octanol–water partition coefficient (Wildman–Crippen LogP) is 3.03. The molecule has 4 rings (SSSR count). The van der Waals surface area contributed by atoms with Gasteiger partial charge in [0.25, 0.3) is 0 Å². The summed E-state index contributed by atoms with van der Waals surface area (Å²) in [4.78, 5) is 31.7. The second-order valence-corrected chi connectivity index (χ2v) is 9.42. The minimum atomic E-state index is -0.367. The highest BCUT2D eigenvalue weighted by Gasteiger charge is 2.58. The standard InChI is InChI=1S/C24H32N4O3/c1-16(2)22(30)28-14-19-12-20(13-24(19,15-28)23-25-17(3)27-31-23)26-21(29)11-7-10-18-8-5-4-6-9-18/h4-6,8-9,16,19-20H,7,10-15H2,1-3H3,(H,26,29)/t19-,20+,24-/m0/s1. The first-order chi connectivity index (χ1) is 14.9. The number of carbonyl (C=O) groups excluding carboxylic acids is 2. The van der Waals surface area contributed by atoms with Crippen molar-refractivity contribution in [1.29, 1.82) is 0 Å². The molecule has 2 aromatic rings. The van der Waals surface area contributed by atoms with Gasteiger partial charge in [0, 0.05) is 31.5 Å². The number of hydrogen-bond acceptors (Lipinski definition) is 5. The SMILES string of the molecule is Cc1noc([C@]23C[C@H](NC(=O)CCCc4ccccc4)C[C@H]2CN(C(=O)C(C)C)C3)n1. The molecule has 1 aromatic carbocycles. The van der Waals surface area contributed by atoms with Gasteiger partial charge < -0.3 is 14.7 Å². The van der Waals surface area contributed by atoms with Gasteiger partial charge in [-0.25, -0.2) is 0 Å². The van der Waals surface area contributed by atoms with Gasteiger partial charge in [-0.05, 0) is 44.1 Å². The van der Waals surface area contributed by atoms with E-state index in [0.29, 0.717) is 31.2 Å². The molecule has 2 aliphatic rings. The molecule has 1 N–H and O–H groups in total. The lowest BCUT2D eigenvalue weighted by atomic mass is 9.80. The van der Waals surface area contributed by atoms with Gasteiger partial charge in [-0.2, -0.15) is 4.98 Å². The molecule has 0 unspecified atom stereocenters. The Labute approximate surface area is 183 Å². The molecule has 7 heteroatoms. The molecule has 2 fully saturated rings. The van der Waals surface area contributed by atoms with Gasteiger partial charge in [0.05, 0.1) is 5.41 Å². The third-order valence-electron chi connectivity index (χ3n) is 6.71. The summed E-state index contributed by atoms with van der Waals surface area (Å²) in [5.41, 5.74) is 0.889. The van der Waals surface area contributed by atoms with Crippen molar-refractivity contribution < 1.29 is 14.1 Å². The van der Waals surface area contributed by atoms with Crippen LogP contribution in [0.3, 0.4) is 0 Å². The fraction of sp³-hybridized carbons (Fsp3) is 0.583. The summed E-state index contributed by atoms with van der Waals surface area (Å²) < 4.78 is 5.60. The average molecular weight is 425 g/mol. The molecule has 0 radical (unpaired) electrons. The molecule has 2 heterocycles. The number of amides is 2. The van der Waals surface area contributed by atoms with Crippen LogP contribution in [-0.4, -0.2) is 46.0 Å². The van der Waals surface area contributed by atoms with E-state index in [-0.39, 0.29) is 35.1 Å². The highest BCUT2D eigenvalue weighted by atomic mass is 16.5. The number of nitrogens with one attached hydrogen (secondary N) is 1. The lowest BCUT2D eigenvalue weighted by molar-refractivity contribution is -0.134. The molecular weight excluding hydrogens is 392 g/mol. The number of aryl methyl sites for hydroxylation is 2. The van der Waals surface area contributed by atoms with Crippen molar-refractivity contribution in [3.63, 3.8) is 0 Å². The Morgan fingerprint density at radius 1 is 1.29 bits per heavy atom. The molecule has 0 bridgehead atoms. The van der Waals surface area contributed by atoms with E-state index in [1.54, 1.807) is 0 Å². The van der Waals surface area contributed by atoms with E-state index in [1.165, 1.54) is 5.56 Å². The third-order valence-corrected chi connectivity index (χ3v) is 6.71. The molecule has 31 heavy (non-hydrogen) atoms. The zero-order chi connectivity index (χ0) is 22.0. The van der Waals surface area contributed by atoms with Crippen molar-refractivity contribution >= 4 is 11.8 Å². The normalized spacial score (nSPS) is 25.1. The molecule has 1 aromatic heterocycles. The van der Waals surface area contributed by atoms with E-state index in [1.807, 2.05) is 43.9 Å². The minimum absolute atomic E-state index is 0.0413. The highest BCUT2D eigenvalue weighted by Crippen LogP contribution is 2.50. The zero-order valence-corrected chi connectivity index (χ0v) is 18.6. The van der Waals surface area contributed by atoms with Crippen LogP contribution >= 0.6 is 0 Å². The number of likely N-dealkylation sites (tertiary alicyclic amines) is 1. The average Bonchev–Trinajstić information content (AvgIpc) is 3.40. The Kier molecular flexibility index (Phi) is 6.12. The quantitative estimate of drug-likeness (QED) is 0.738. The Morgan fingerprint density at radius 3 is 2.74 bits per heavy atom. The van der Waals surface area contributed by atoms with Crippen LogP contribution in [0.4, 0.5) is 0 Å². The molecule has 1 saturated carbocycles. The molecule has 2 amide bonds. The van der Waals surface area contributed by atoms with Crippen molar-refractivity contribution in [2.24, 2.45) is 11.8 Å². The van der Waals surface area contributed by atoms with E-state index in [2.05, 4.69) is 27.6 Å². The molecule has 1 saturated heterocycles. The number of rotatable bonds is 7. The number of hydrogen-bond donors (Lipinski definition) is 1. The van der Waals surface area contributed by atoms with Gasteiger partial charge in [0.15, 0.2) is 5.82 Å². The van der Waals surface area contributed by atoms with Crippen LogP contribution in [0.1, 0.15) is 56.8 Å². The van der Waals surface area contributed by atoms with Crippen LogP contribution in [0, 0.1) is 18.8 Å². The van der Waals surface area contributed by atoms with Gasteiger partial charge in [-0.15, -0.1) is 0 Å². The monoisotopic (exact) mass is 424 g/mol. The first kappa shape index (κ1) is 21.5. The summed E-state index contributed by atoms with van der Waals surface area (Å²) in [6.07, 6.45) is 3.80. The van der Waals surface area contributed by atoms with Crippen LogP contribution in [0.5, 0.6) is 0 Å². The van der Waals surface area contributed by atoms with Crippen LogP contribution in [0.15, 0.2) is 34.9 Å². The van der Waals surface area contributed by atoms with Gasteiger partial charge in [0.2, 0.25) is 17.7 Å². The fourth-order valence-electron chi connectivity index (χ4n) is 5.24. The number of aromatic nitrogens is 2. The summed E-state index contributed by atoms with van der Waals surface area (Å²) >= 11 is 0. The molecule has 0 spiro atoms. The maximum atomic E-state index is 12.6. The first-order valence-corrected chi connectivity index (χ1v) is 11.3. The number of benzene rings is 1. The summed E-state index contributed by atoms with van der Waals surface area (Å²) in [5.74, 6) is 1.63. The summed E-state index contributed by atoms with van der Waals surface area (Å²) in [7, 11) is 0. The molecular formula is C24H32N4O3. The number of carbonyl (C=O) groups is 2. The zero-order valence-electron chi connectivity index (χ0n) is 18.6. The van der Waals surface area contributed by atoms with Crippen LogP contribution in [0.25, 0.3) is 0 Å². The third kappa shape index (κ3) is 4.50.